The predicted octanol–water partition coefficient (Wildman–Crippen LogP) is 3.13. The molecule has 1 fully saturated rings. The van der Waals surface area contributed by atoms with E-state index in [2.05, 4.69) is 22.9 Å². The standard InChI is InChI=1S/C14H17BrO3/c1-14(8-18-9-14)7-11(13(16)17-2)10-5-3-4-6-12(10)15/h3-6,11H,7-9H2,1-2H3. The Morgan fingerprint density at radius 2 is 2.17 bits per heavy atom. The van der Waals surface area contributed by atoms with Gasteiger partial charge in [0, 0.05) is 9.89 Å². The summed E-state index contributed by atoms with van der Waals surface area (Å²) in [4.78, 5) is 12.0. The molecule has 1 aromatic rings. The van der Waals surface area contributed by atoms with Crippen molar-refractivity contribution < 1.29 is 14.3 Å². The molecule has 0 bridgehead atoms. The van der Waals surface area contributed by atoms with Gasteiger partial charge < -0.3 is 9.47 Å². The molecular formula is C14H17BrO3. The zero-order valence-electron chi connectivity index (χ0n) is 10.6. The maximum atomic E-state index is 12.0. The fourth-order valence-electron chi connectivity index (χ4n) is 2.28. The minimum Gasteiger partial charge on any atom is -0.469 e. The third-order valence-electron chi connectivity index (χ3n) is 3.36. The van der Waals surface area contributed by atoms with Crippen LogP contribution in [-0.4, -0.2) is 26.3 Å². The molecule has 18 heavy (non-hydrogen) atoms. The van der Waals surface area contributed by atoms with Gasteiger partial charge in [0.1, 0.15) is 0 Å². The zero-order chi connectivity index (χ0) is 13.2. The summed E-state index contributed by atoms with van der Waals surface area (Å²) in [5.41, 5.74) is 1.06. The van der Waals surface area contributed by atoms with Crippen LogP contribution in [0, 0.1) is 5.41 Å². The number of esters is 1. The maximum absolute atomic E-state index is 12.0. The van der Waals surface area contributed by atoms with Gasteiger partial charge in [-0.25, -0.2) is 0 Å². The highest BCUT2D eigenvalue weighted by molar-refractivity contribution is 9.10. The van der Waals surface area contributed by atoms with Crippen LogP contribution >= 0.6 is 15.9 Å². The second-order valence-corrected chi connectivity index (χ2v) is 5.96. The first-order chi connectivity index (χ1) is 8.56. The van der Waals surface area contributed by atoms with Gasteiger partial charge in [-0.2, -0.15) is 0 Å². The molecule has 0 aromatic heterocycles. The fraction of sp³-hybridized carbons (Fsp3) is 0.500. The predicted molar refractivity (Wildman–Crippen MR) is 72.4 cm³/mol. The van der Waals surface area contributed by atoms with Crippen LogP contribution in [-0.2, 0) is 14.3 Å². The number of ether oxygens (including phenoxy) is 2. The lowest BCUT2D eigenvalue weighted by molar-refractivity contribution is -0.148. The average molecular weight is 313 g/mol. The third-order valence-corrected chi connectivity index (χ3v) is 4.09. The van der Waals surface area contributed by atoms with Gasteiger partial charge in [0.15, 0.2) is 0 Å². The molecule has 1 atom stereocenters. The van der Waals surface area contributed by atoms with Crippen molar-refractivity contribution in [1.82, 2.24) is 0 Å². The van der Waals surface area contributed by atoms with Gasteiger partial charge in [0.05, 0.1) is 26.2 Å². The van der Waals surface area contributed by atoms with E-state index in [4.69, 9.17) is 9.47 Å². The summed E-state index contributed by atoms with van der Waals surface area (Å²) in [5, 5.41) is 0. The van der Waals surface area contributed by atoms with Crippen LogP contribution in [0.25, 0.3) is 0 Å². The van der Waals surface area contributed by atoms with E-state index >= 15 is 0 Å². The summed E-state index contributed by atoms with van der Waals surface area (Å²) in [6.07, 6.45) is 0.752. The van der Waals surface area contributed by atoms with Crippen LogP contribution in [0.2, 0.25) is 0 Å². The van der Waals surface area contributed by atoms with Crippen molar-refractivity contribution in [2.45, 2.75) is 19.3 Å². The molecule has 0 amide bonds. The van der Waals surface area contributed by atoms with Gasteiger partial charge in [0.2, 0.25) is 0 Å². The van der Waals surface area contributed by atoms with E-state index in [1.165, 1.54) is 7.11 Å². The van der Waals surface area contributed by atoms with Gasteiger partial charge in [-0.3, -0.25) is 4.79 Å². The van der Waals surface area contributed by atoms with Crippen LogP contribution < -0.4 is 0 Å². The lowest BCUT2D eigenvalue weighted by Crippen LogP contribution is -2.42. The Bertz CT molecular complexity index is 440. The fourth-order valence-corrected chi connectivity index (χ4v) is 2.84. The van der Waals surface area contributed by atoms with Gasteiger partial charge >= 0.3 is 5.97 Å². The van der Waals surface area contributed by atoms with E-state index < -0.39 is 0 Å². The van der Waals surface area contributed by atoms with E-state index in [-0.39, 0.29) is 17.3 Å². The number of carbonyl (C=O) groups excluding carboxylic acids is 1. The summed E-state index contributed by atoms with van der Waals surface area (Å²) >= 11 is 3.50. The van der Waals surface area contributed by atoms with Gasteiger partial charge in [0.25, 0.3) is 0 Å². The minimum atomic E-state index is -0.237. The number of halogens is 1. The molecule has 0 radical (unpaired) electrons. The number of rotatable bonds is 4. The zero-order valence-corrected chi connectivity index (χ0v) is 12.2. The van der Waals surface area contributed by atoms with Crippen LogP contribution in [0.3, 0.4) is 0 Å². The number of methoxy groups -OCH3 is 1. The smallest absolute Gasteiger partial charge is 0.313 e. The second-order valence-electron chi connectivity index (χ2n) is 5.10. The lowest BCUT2D eigenvalue weighted by Gasteiger charge is -2.40. The molecule has 0 N–H and O–H groups in total. The van der Waals surface area contributed by atoms with Crippen molar-refractivity contribution in [3.8, 4) is 0 Å². The summed E-state index contributed by atoms with van der Waals surface area (Å²) in [6.45, 7) is 3.57. The highest BCUT2D eigenvalue weighted by atomic mass is 79.9. The molecule has 1 saturated heterocycles. The highest BCUT2D eigenvalue weighted by Crippen LogP contribution is 2.40. The van der Waals surface area contributed by atoms with Crippen LogP contribution in [0.1, 0.15) is 24.8 Å². The maximum Gasteiger partial charge on any atom is 0.313 e. The summed E-state index contributed by atoms with van der Waals surface area (Å²) in [5.74, 6) is -0.422. The van der Waals surface area contributed by atoms with Crippen LogP contribution in [0.5, 0.6) is 0 Å². The van der Waals surface area contributed by atoms with Crippen molar-refractivity contribution in [1.29, 1.82) is 0 Å². The van der Waals surface area contributed by atoms with E-state index in [0.717, 1.165) is 16.5 Å². The van der Waals surface area contributed by atoms with Crippen molar-refractivity contribution >= 4 is 21.9 Å². The molecule has 0 spiro atoms. The number of hydrogen-bond acceptors (Lipinski definition) is 3. The number of benzene rings is 1. The third kappa shape index (κ3) is 2.75. The first-order valence-corrected chi connectivity index (χ1v) is 6.75. The van der Waals surface area contributed by atoms with Crippen molar-refractivity contribution in [2.24, 2.45) is 5.41 Å². The van der Waals surface area contributed by atoms with Crippen molar-refractivity contribution in [3.63, 3.8) is 0 Å². The monoisotopic (exact) mass is 312 g/mol. The molecule has 1 unspecified atom stereocenters. The molecule has 98 valence electrons. The van der Waals surface area contributed by atoms with Crippen molar-refractivity contribution in [3.05, 3.63) is 34.3 Å². The largest absolute Gasteiger partial charge is 0.469 e. The van der Waals surface area contributed by atoms with Crippen molar-refractivity contribution in [2.75, 3.05) is 20.3 Å². The Labute approximate surface area is 116 Å². The lowest BCUT2D eigenvalue weighted by atomic mass is 9.77. The number of hydrogen-bond donors (Lipinski definition) is 0. The molecular weight excluding hydrogens is 296 g/mol. The van der Waals surface area contributed by atoms with Crippen LogP contribution in [0.4, 0.5) is 0 Å². The Hall–Kier alpha value is -0.870. The van der Waals surface area contributed by atoms with E-state index in [1.807, 2.05) is 24.3 Å². The molecule has 0 saturated carbocycles. The van der Waals surface area contributed by atoms with Gasteiger partial charge in [-0.05, 0) is 18.1 Å². The summed E-state index contributed by atoms with van der Waals surface area (Å²) in [6, 6.07) is 7.80. The van der Waals surface area contributed by atoms with E-state index in [1.54, 1.807) is 0 Å². The molecule has 3 nitrogen and oxygen atoms in total. The van der Waals surface area contributed by atoms with Crippen LogP contribution in [0.15, 0.2) is 28.7 Å². The Morgan fingerprint density at radius 1 is 1.50 bits per heavy atom. The van der Waals surface area contributed by atoms with Gasteiger partial charge in [-0.1, -0.05) is 41.1 Å². The molecule has 1 aliphatic heterocycles. The topological polar surface area (TPSA) is 35.5 Å². The number of carbonyl (C=O) groups is 1. The van der Waals surface area contributed by atoms with E-state index in [9.17, 15) is 4.79 Å². The highest BCUT2D eigenvalue weighted by Gasteiger charge is 2.39. The van der Waals surface area contributed by atoms with Gasteiger partial charge in [-0.15, -0.1) is 0 Å². The molecule has 2 rings (SSSR count). The first kappa shape index (κ1) is 13.6. The molecule has 0 aliphatic carbocycles. The molecule has 4 heteroatoms. The van der Waals surface area contributed by atoms with E-state index in [0.29, 0.717) is 13.2 Å². The summed E-state index contributed by atoms with van der Waals surface area (Å²) in [7, 11) is 1.44. The Kier molecular flexibility index (Phi) is 4.07. The molecule has 1 heterocycles. The Balaban J connectivity index is 2.25. The average Bonchev–Trinajstić information content (AvgIpc) is 2.34. The molecule has 1 aromatic carbocycles. The minimum absolute atomic E-state index is 0.0775. The SMILES string of the molecule is COC(=O)C(CC1(C)COC1)c1ccccc1Br. The second kappa shape index (κ2) is 5.41. The first-order valence-electron chi connectivity index (χ1n) is 5.96. The molecule has 1 aliphatic rings. The Morgan fingerprint density at radius 3 is 2.67 bits per heavy atom. The quantitative estimate of drug-likeness (QED) is 0.801. The normalized spacial score (nSPS) is 18.8. The summed E-state index contributed by atoms with van der Waals surface area (Å²) < 4.78 is 11.1.